The van der Waals surface area contributed by atoms with Crippen LogP contribution in [0.25, 0.3) is 6.08 Å². The van der Waals surface area contributed by atoms with Gasteiger partial charge in [0.05, 0.1) is 0 Å². The van der Waals surface area contributed by atoms with Gasteiger partial charge in [-0.05, 0) is 48.9 Å². The van der Waals surface area contributed by atoms with E-state index in [1.54, 1.807) is 6.08 Å². The van der Waals surface area contributed by atoms with Gasteiger partial charge in [0.2, 0.25) is 0 Å². The number of piperidine rings is 1. The fourth-order valence-electron chi connectivity index (χ4n) is 2.87. The molecule has 2 rings (SSSR count). The Morgan fingerprint density at radius 1 is 1.33 bits per heavy atom. The third-order valence-electron chi connectivity index (χ3n) is 3.94. The van der Waals surface area contributed by atoms with Crippen molar-refractivity contribution in [1.82, 2.24) is 4.90 Å². The van der Waals surface area contributed by atoms with Gasteiger partial charge in [-0.2, -0.15) is 0 Å². The number of aliphatic carboxylic acids is 1. The minimum absolute atomic E-state index is 0.281. The number of carboxylic acid groups (broad SMARTS) is 1. The van der Waals surface area contributed by atoms with Gasteiger partial charge in [0.1, 0.15) is 0 Å². The number of nitrogens with zero attached hydrogens (tertiary/aromatic N) is 1. The molecule has 1 aromatic rings. The van der Waals surface area contributed by atoms with E-state index in [9.17, 15) is 4.79 Å². The molecule has 0 spiro atoms. The Morgan fingerprint density at radius 3 is 2.76 bits per heavy atom. The predicted molar refractivity (Wildman–Crippen MR) is 82.8 cm³/mol. The molecule has 0 radical (unpaired) electrons. The molecule has 0 bridgehead atoms. The average Bonchev–Trinajstić information content (AvgIpc) is 2.47. The average molecular weight is 289 g/mol. The number of benzene rings is 1. The molecule has 114 valence electrons. The zero-order chi connectivity index (χ0) is 15.1. The smallest absolute Gasteiger partial charge is 0.328 e. The number of carboxylic acids is 1. The number of hydrogen-bond donors (Lipinski definition) is 2. The van der Waals surface area contributed by atoms with Crippen molar-refractivity contribution in [3.8, 4) is 0 Å². The molecule has 0 aromatic heterocycles. The van der Waals surface area contributed by atoms with Crippen molar-refractivity contribution >= 4 is 12.0 Å². The molecule has 0 aliphatic carbocycles. The Balaban J connectivity index is 1.89. The van der Waals surface area contributed by atoms with Gasteiger partial charge in [-0.25, -0.2) is 4.79 Å². The topological polar surface area (TPSA) is 60.8 Å². The van der Waals surface area contributed by atoms with Crippen LogP contribution in [0.2, 0.25) is 0 Å². The molecule has 4 heteroatoms. The molecule has 1 saturated heterocycles. The zero-order valence-corrected chi connectivity index (χ0v) is 12.2. The molecular weight excluding hydrogens is 266 g/mol. The van der Waals surface area contributed by atoms with Gasteiger partial charge in [0.15, 0.2) is 0 Å². The van der Waals surface area contributed by atoms with Crippen LogP contribution in [0, 0.1) is 5.92 Å². The lowest BCUT2D eigenvalue weighted by atomic mass is 9.95. The van der Waals surface area contributed by atoms with E-state index < -0.39 is 5.97 Å². The molecule has 0 saturated carbocycles. The van der Waals surface area contributed by atoms with Gasteiger partial charge in [-0.15, -0.1) is 0 Å². The monoisotopic (exact) mass is 289 g/mol. The van der Waals surface area contributed by atoms with E-state index in [1.165, 1.54) is 18.4 Å². The van der Waals surface area contributed by atoms with Crippen LogP contribution in [-0.2, 0) is 11.3 Å². The number of hydrogen-bond acceptors (Lipinski definition) is 3. The van der Waals surface area contributed by atoms with Crippen molar-refractivity contribution in [2.24, 2.45) is 5.92 Å². The molecule has 1 aliphatic rings. The maximum atomic E-state index is 10.5. The van der Waals surface area contributed by atoms with Crippen molar-refractivity contribution < 1.29 is 15.0 Å². The fourth-order valence-corrected chi connectivity index (χ4v) is 2.87. The first-order valence-corrected chi connectivity index (χ1v) is 7.50. The minimum Gasteiger partial charge on any atom is -0.478 e. The second-order valence-electron chi connectivity index (χ2n) is 5.67. The Hall–Kier alpha value is -1.65. The first-order chi connectivity index (χ1) is 10.2. The summed E-state index contributed by atoms with van der Waals surface area (Å²) in [6.45, 7) is 3.37. The van der Waals surface area contributed by atoms with E-state index in [0.717, 1.165) is 37.7 Å². The lowest BCUT2D eigenvalue weighted by Crippen LogP contribution is -2.35. The van der Waals surface area contributed by atoms with Gasteiger partial charge in [-0.3, -0.25) is 4.90 Å². The fraction of sp³-hybridized carbons (Fsp3) is 0.471. The number of likely N-dealkylation sites (tertiary alicyclic amines) is 1. The summed E-state index contributed by atoms with van der Waals surface area (Å²) < 4.78 is 0. The van der Waals surface area contributed by atoms with Gasteiger partial charge >= 0.3 is 5.97 Å². The molecule has 1 atom stereocenters. The van der Waals surface area contributed by atoms with Crippen LogP contribution in [0.1, 0.15) is 30.4 Å². The molecule has 21 heavy (non-hydrogen) atoms. The number of rotatable bonds is 6. The summed E-state index contributed by atoms with van der Waals surface area (Å²) in [5.74, 6) is -0.316. The maximum absolute atomic E-state index is 10.5. The highest BCUT2D eigenvalue weighted by molar-refractivity contribution is 5.85. The first-order valence-electron chi connectivity index (χ1n) is 7.50. The standard InChI is InChI=1S/C17H23NO3/c19-11-9-15-2-1-10-18(12-15)13-16-5-3-14(4-6-16)7-8-17(20)21/h3-8,15,19H,1-2,9-13H2,(H,20,21)/b8-7+. The maximum Gasteiger partial charge on any atom is 0.328 e. The van der Waals surface area contributed by atoms with Crippen molar-refractivity contribution in [3.05, 3.63) is 41.5 Å². The molecule has 1 unspecified atom stereocenters. The van der Waals surface area contributed by atoms with Gasteiger partial charge in [0, 0.05) is 25.8 Å². The van der Waals surface area contributed by atoms with Crippen LogP contribution < -0.4 is 0 Å². The Bertz CT molecular complexity index is 479. The predicted octanol–water partition coefficient (Wildman–Crippen LogP) is 2.38. The second kappa shape index (κ2) is 7.96. The van der Waals surface area contributed by atoms with Crippen molar-refractivity contribution in [3.63, 3.8) is 0 Å². The first kappa shape index (κ1) is 15.7. The summed E-state index contributed by atoms with van der Waals surface area (Å²) >= 11 is 0. The number of aliphatic hydroxyl groups excluding tert-OH is 1. The summed E-state index contributed by atoms with van der Waals surface area (Å²) in [5.41, 5.74) is 2.14. The SMILES string of the molecule is O=C(O)/C=C/c1ccc(CN2CCCC(CCO)C2)cc1. The molecule has 1 heterocycles. The molecule has 1 aromatic carbocycles. The van der Waals surface area contributed by atoms with E-state index in [-0.39, 0.29) is 6.61 Å². The van der Waals surface area contributed by atoms with Crippen LogP contribution in [0.15, 0.2) is 30.3 Å². The minimum atomic E-state index is -0.928. The van der Waals surface area contributed by atoms with E-state index >= 15 is 0 Å². The third kappa shape index (κ3) is 5.33. The van der Waals surface area contributed by atoms with Crippen LogP contribution in [0.5, 0.6) is 0 Å². The van der Waals surface area contributed by atoms with E-state index in [1.807, 2.05) is 12.1 Å². The highest BCUT2D eigenvalue weighted by atomic mass is 16.4. The second-order valence-corrected chi connectivity index (χ2v) is 5.67. The lowest BCUT2D eigenvalue weighted by molar-refractivity contribution is -0.131. The van der Waals surface area contributed by atoms with Crippen molar-refractivity contribution in [2.75, 3.05) is 19.7 Å². The summed E-state index contributed by atoms with van der Waals surface area (Å²) in [6.07, 6.45) is 6.07. The number of carbonyl (C=O) groups is 1. The summed E-state index contributed by atoms with van der Waals surface area (Å²) in [4.78, 5) is 12.9. The van der Waals surface area contributed by atoms with Crippen LogP contribution in [-0.4, -0.2) is 40.8 Å². The normalized spacial score (nSPS) is 20.0. The quantitative estimate of drug-likeness (QED) is 0.789. The largest absolute Gasteiger partial charge is 0.478 e. The van der Waals surface area contributed by atoms with Crippen molar-refractivity contribution in [2.45, 2.75) is 25.8 Å². The van der Waals surface area contributed by atoms with Crippen LogP contribution in [0.3, 0.4) is 0 Å². The Labute approximate surface area is 125 Å². The van der Waals surface area contributed by atoms with E-state index in [4.69, 9.17) is 10.2 Å². The highest BCUT2D eigenvalue weighted by Crippen LogP contribution is 2.21. The molecule has 2 N–H and O–H groups in total. The van der Waals surface area contributed by atoms with Gasteiger partial charge < -0.3 is 10.2 Å². The van der Waals surface area contributed by atoms with Crippen molar-refractivity contribution in [1.29, 1.82) is 0 Å². The summed E-state index contributed by atoms with van der Waals surface area (Å²) in [5, 5.41) is 17.7. The van der Waals surface area contributed by atoms with Crippen LogP contribution in [0.4, 0.5) is 0 Å². The molecular formula is C17H23NO3. The third-order valence-corrected chi connectivity index (χ3v) is 3.94. The zero-order valence-electron chi connectivity index (χ0n) is 12.2. The molecule has 4 nitrogen and oxygen atoms in total. The Kier molecular flexibility index (Phi) is 5.96. The van der Waals surface area contributed by atoms with E-state index in [2.05, 4.69) is 17.0 Å². The molecule has 1 aliphatic heterocycles. The summed E-state index contributed by atoms with van der Waals surface area (Å²) in [7, 11) is 0. The number of aliphatic hydroxyl groups is 1. The highest BCUT2D eigenvalue weighted by Gasteiger charge is 2.19. The van der Waals surface area contributed by atoms with Gasteiger partial charge in [-0.1, -0.05) is 24.3 Å². The van der Waals surface area contributed by atoms with Gasteiger partial charge in [0.25, 0.3) is 0 Å². The molecule has 0 amide bonds. The Morgan fingerprint density at radius 2 is 2.10 bits per heavy atom. The van der Waals surface area contributed by atoms with Crippen LogP contribution >= 0.6 is 0 Å². The molecule has 1 fully saturated rings. The lowest BCUT2D eigenvalue weighted by Gasteiger charge is -2.32. The van der Waals surface area contributed by atoms with E-state index in [0.29, 0.717) is 5.92 Å². The summed E-state index contributed by atoms with van der Waals surface area (Å²) in [6, 6.07) is 8.00.